The van der Waals surface area contributed by atoms with Crippen LogP contribution in [0.15, 0.2) is 29.4 Å². The number of aromatic nitrogens is 1. The van der Waals surface area contributed by atoms with Crippen molar-refractivity contribution in [2.75, 3.05) is 0 Å². The van der Waals surface area contributed by atoms with Crippen LogP contribution in [0.1, 0.15) is 56.9 Å². The van der Waals surface area contributed by atoms with Gasteiger partial charge in [-0.05, 0) is 57.2 Å². The van der Waals surface area contributed by atoms with Gasteiger partial charge in [-0.3, -0.25) is 14.9 Å². The molecule has 192 valence electrons. The average Bonchev–Trinajstić information content (AvgIpc) is 3.33. The molecule has 0 aliphatic heterocycles. The van der Waals surface area contributed by atoms with Crippen molar-refractivity contribution in [2.45, 2.75) is 52.1 Å². The molecule has 0 atom stereocenters. The van der Waals surface area contributed by atoms with Gasteiger partial charge in [0, 0.05) is 33.5 Å². The zero-order valence-electron chi connectivity index (χ0n) is 20.0. The number of carbonyl (C=O) groups is 1. The first-order chi connectivity index (χ1) is 17.5. The number of carbonyl (C=O) groups excluding carboxylic acids is 1. The zero-order valence-corrected chi connectivity index (χ0v) is 20.8. The number of halogens is 3. The average molecular weight is 530 g/mol. The van der Waals surface area contributed by atoms with Crippen LogP contribution in [-0.4, -0.2) is 21.6 Å². The zero-order chi connectivity index (χ0) is 26.9. The van der Waals surface area contributed by atoms with Gasteiger partial charge in [-0.25, -0.2) is 5.43 Å². The summed E-state index contributed by atoms with van der Waals surface area (Å²) in [5.74, 6) is -0.717. The lowest BCUT2D eigenvalue weighted by Crippen LogP contribution is -2.20. The molecule has 0 saturated heterocycles. The Labute approximate surface area is 214 Å². The maximum Gasteiger partial charge on any atom is 0.416 e. The lowest BCUT2D eigenvalue weighted by atomic mass is 9.96. The first kappa shape index (κ1) is 26.1. The largest absolute Gasteiger partial charge is 0.416 e. The molecule has 3 aromatic rings. The molecule has 1 amide bonds. The Kier molecular flexibility index (Phi) is 7.18. The second-order valence-corrected chi connectivity index (χ2v) is 9.82. The number of hydrogen-bond donors (Lipinski definition) is 1. The van der Waals surface area contributed by atoms with E-state index in [9.17, 15) is 33.3 Å². The summed E-state index contributed by atoms with van der Waals surface area (Å²) in [6, 6.07) is 6.26. The third kappa shape index (κ3) is 5.27. The third-order valence-electron chi connectivity index (χ3n) is 6.29. The number of rotatable bonds is 6. The second kappa shape index (κ2) is 10.2. The number of nitrogens with one attached hydrogen (secondary N) is 1. The molecule has 37 heavy (non-hydrogen) atoms. The Morgan fingerprint density at radius 1 is 1.30 bits per heavy atom. The van der Waals surface area contributed by atoms with Crippen molar-refractivity contribution in [1.82, 2.24) is 9.99 Å². The molecule has 1 aromatic carbocycles. The van der Waals surface area contributed by atoms with Crippen LogP contribution in [0.25, 0.3) is 5.00 Å². The summed E-state index contributed by atoms with van der Waals surface area (Å²) >= 11 is 1.62. The summed E-state index contributed by atoms with van der Waals surface area (Å²) in [6.07, 6.45) is 0.202. The van der Waals surface area contributed by atoms with E-state index in [2.05, 4.69) is 16.6 Å². The second-order valence-electron chi connectivity index (χ2n) is 8.73. The van der Waals surface area contributed by atoms with Crippen molar-refractivity contribution < 1.29 is 22.9 Å². The van der Waals surface area contributed by atoms with Crippen molar-refractivity contribution in [3.05, 3.63) is 78.5 Å². The van der Waals surface area contributed by atoms with Crippen LogP contribution in [0, 0.1) is 35.3 Å². The predicted molar refractivity (Wildman–Crippen MR) is 132 cm³/mol. The fourth-order valence-corrected chi connectivity index (χ4v) is 5.95. The highest BCUT2D eigenvalue weighted by Gasteiger charge is 2.33. The van der Waals surface area contributed by atoms with Crippen molar-refractivity contribution in [1.29, 1.82) is 5.26 Å². The highest BCUT2D eigenvalue weighted by molar-refractivity contribution is 7.15. The summed E-state index contributed by atoms with van der Waals surface area (Å²) in [4.78, 5) is 23.9. The van der Waals surface area contributed by atoms with Gasteiger partial charge < -0.3 is 4.57 Å². The number of amides is 1. The smallest absolute Gasteiger partial charge is 0.308 e. The van der Waals surface area contributed by atoms with Crippen LogP contribution < -0.4 is 5.43 Å². The third-order valence-corrected chi connectivity index (χ3v) is 7.57. The van der Waals surface area contributed by atoms with Gasteiger partial charge in [-0.2, -0.15) is 23.5 Å². The molecule has 8 nitrogen and oxygen atoms in total. The van der Waals surface area contributed by atoms with E-state index in [0.29, 0.717) is 23.3 Å². The minimum absolute atomic E-state index is 0.158. The molecule has 2 aromatic heterocycles. The number of nitriles is 1. The molecule has 0 fully saturated rings. The van der Waals surface area contributed by atoms with Gasteiger partial charge in [0.2, 0.25) is 5.91 Å². The predicted octanol–water partition coefficient (Wildman–Crippen LogP) is 5.53. The topological polar surface area (TPSA) is 113 Å². The molecule has 1 aliphatic rings. The number of alkyl halides is 3. The van der Waals surface area contributed by atoms with Gasteiger partial charge in [0.1, 0.15) is 11.1 Å². The van der Waals surface area contributed by atoms with Gasteiger partial charge in [-0.1, -0.05) is 6.07 Å². The highest BCUT2D eigenvalue weighted by Crippen LogP contribution is 2.38. The van der Waals surface area contributed by atoms with Gasteiger partial charge in [0.25, 0.3) is 5.69 Å². The maximum absolute atomic E-state index is 12.9. The molecular formula is C25H22F3N5O3S. The molecule has 0 saturated carbocycles. The normalized spacial score (nSPS) is 13.4. The van der Waals surface area contributed by atoms with E-state index in [-0.39, 0.29) is 5.56 Å². The number of nitro groups is 1. The summed E-state index contributed by atoms with van der Waals surface area (Å²) in [5.41, 5.74) is 4.40. The summed E-state index contributed by atoms with van der Waals surface area (Å²) in [5, 5.41) is 25.9. The summed E-state index contributed by atoms with van der Waals surface area (Å²) in [6.45, 7) is 3.79. The lowest BCUT2D eigenvalue weighted by Gasteiger charge is -2.10. The number of thiophene rings is 1. The van der Waals surface area contributed by atoms with E-state index >= 15 is 0 Å². The Hall–Kier alpha value is -3.98. The SMILES string of the molecule is Cc1cc(C=NNC(=O)Cc2ccc(C(F)(F)F)cc2[N+](=O)[O-])c(C)n1-c1sc2c(c1C#N)CCCC2. The maximum atomic E-state index is 12.9. The molecular weight excluding hydrogens is 507 g/mol. The van der Waals surface area contributed by atoms with E-state index < -0.39 is 34.7 Å². The minimum atomic E-state index is -4.74. The van der Waals surface area contributed by atoms with Crippen molar-refractivity contribution in [3.8, 4) is 11.1 Å². The van der Waals surface area contributed by atoms with E-state index in [1.54, 1.807) is 11.3 Å². The molecule has 4 rings (SSSR count). The number of aryl methyl sites for hydroxylation is 2. The van der Waals surface area contributed by atoms with Gasteiger partial charge in [-0.15, -0.1) is 11.3 Å². The molecule has 0 unspecified atom stereocenters. The Morgan fingerprint density at radius 2 is 2.03 bits per heavy atom. The number of hydrogen-bond acceptors (Lipinski definition) is 6. The van der Waals surface area contributed by atoms with E-state index in [0.717, 1.165) is 53.7 Å². The van der Waals surface area contributed by atoms with Crippen LogP contribution in [0.2, 0.25) is 0 Å². The molecule has 0 radical (unpaired) electrons. The molecule has 2 heterocycles. The number of nitrogens with zero attached hydrogens (tertiary/aromatic N) is 4. The number of fused-ring (bicyclic) bond motifs is 1. The van der Waals surface area contributed by atoms with E-state index in [1.165, 1.54) is 11.1 Å². The van der Waals surface area contributed by atoms with Crippen LogP contribution in [0.3, 0.4) is 0 Å². The summed E-state index contributed by atoms with van der Waals surface area (Å²) < 4.78 is 40.7. The molecule has 0 bridgehead atoms. The number of nitro benzene ring substituents is 1. The Bertz CT molecular complexity index is 1460. The van der Waals surface area contributed by atoms with Gasteiger partial charge in [0.05, 0.1) is 28.7 Å². The van der Waals surface area contributed by atoms with E-state index in [1.807, 2.05) is 24.5 Å². The molecule has 0 spiro atoms. The fourth-order valence-electron chi connectivity index (χ4n) is 4.50. The molecule has 1 N–H and O–H groups in total. The number of benzene rings is 1. The van der Waals surface area contributed by atoms with Crippen LogP contribution in [0.4, 0.5) is 18.9 Å². The van der Waals surface area contributed by atoms with Crippen LogP contribution >= 0.6 is 11.3 Å². The first-order valence-electron chi connectivity index (χ1n) is 11.4. The van der Waals surface area contributed by atoms with Crippen molar-refractivity contribution in [3.63, 3.8) is 0 Å². The standard InChI is InChI=1S/C25H22F3N5O3S/c1-14-9-17(15(2)32(14)24-20(12-29)19-5-3-4-6-22(19)37-24)13-30-31-23(34)10-16-7-8-18(25(26,27)28)11-21(16)33(35)36/h7-9,11,13H,3-6,10H2,1-2H3,(H,31,34). The van der Waals surface area contributed by atoms with Crippen LogP contribution in [-0.2, 0) is 30.2 Å². The molecule has 12 heteroatoms. The lowest BCUT2D eigenvalue weighted by molar-refractivity contribution is -0.385. The minimum Gasteiger partial charge on any atom is -0.308 e. The van der Waals surface area contributed by atoms with Gasteiger partial charge >= 0.3 is 6.18 Å². The monoisotopic (exact) mass is 529 g/mol. The van der Waals surface area contributed by atoms with Gasteiger partial charge in [0.15, 0.2) is 0 Å². The Balaban J connectivity index is 1.52. The quantitative estimate of drug-likeness (QED) is 0.257. The molecule has 1 aliphatic carbocycles. The number of hydrazone groups is 1. The summed E-state index contributed by atoms with van der Waals surface area (Å²) in [7, 11) is 0. The van der Waals surface area contributed by atoms with E-state index in [4.69, 9.17) is 0 Å². The van der Waals surface area contributed by atoms with Crippen molar-refractivity contribution >= 4 is 29.1 Å². The Morgan fingerprint density at radius 3 is 2.70 bits per heavy atom. The van der Waals surface area contributed by atoms with Crippen molar-refractivity contribution in [2.24, 2.45) is 5.10 Å². The fraction of sp³-hybridized carbons (Fsp3) is 0.320. The van der Waals surface area contributed by atoms with Crippen LogP contribution in [0.5, 0.6) is 0 Å². The first-order valence-corrected chi connectivity index (χ1v) is 12.2. The highest BCUT2D eigenvalue weighted by atomic mass is 32.1.